The average Bonchev–Trinajstić information content (AvgIpc) is 3.49. The second kappa shape index (κ2) is 10.1. The number of esters is 1. The van der Waals surface area contributed by atoms with E-state index < -0.39 is 11.8 Å². The highest BCUT2D eigenvalue weighted by molar-refractivity contribution is 6.15. The van der Waals surface area contributed by atoms with Crippen molar-refractivity contribution in [3.05, 3.63) is 101 Å². The number of benzene rings is 3. The Labute approximate surface area is 212 Å². The molecule has 0 N–H and O–H groups in total. The van der Waals surface area contributed by atoms with Crippen molar-refractivity contribution >= 4 is 17.8 Å². The van der Waals surface area contributed by atoms with E-state index in [0.29, 0.717) is 29.2 Å². The van der Waals surface area contributed by atoms with Gasteiger partial charge in [0.1, 0.15) is 11.4 Å². The van der Waals surface area contributed by atoms with E-state index in [1.54, 1.807) is 35.2 Å². The van der Waals surface area contributed by atoms with Gasteiger partial charge in [-0.15, -0.1) is 0 Å². The van der Waals surface area contributed by atoms with Crippen molar-refractivity contribution in [2.75, 3.05) is 13.7 Å². The van der Waals surface area contributed by atoms with Crippen LogP contribution in [0, 0.1) is 5.82 Å². The van der Waals surface area contributed by atoms with Gasteiger partial charge in [0.05, 0.1) is 30.5 Å². The van der Waals surface area contributed by atoms with Crippen LogP contribution in [-0.4, -0.2) is 35.2 Å². The number of ether oxygens (including phenoxy) is 3. The molecule has 4 aromatic rings. The lowest BCUT2D eigenvalue weighted by molar-refractivity contribution is 0.0600. The van der Waals surface area contributed by atoms with Gasteiger partial charge in [-0.25, -0.2) is 13.9 Å². The molecule has 0 saturated heterocycles. The summed E-state index contributed by atoms with van der Waals surface area (Å²) in [5.41, 5.74) is 2.82. The van der Waals surface area contributed by atoms with Crippen molar-refractivity contribution in [3.8, 4) is 28.4 Å². The second-order valence-corrected chi connectivity index (χ2v) is 8.35. The van der Waals surface area contributed by atoms with Crippen LogP contribution in [0.2, 0.25) is 0 Å². The number of para-hydroxylation sites is 1. The van der Waals surface area contributed by atoms with Gasteiger partial charge < -0.3 is 14.2 Å². The fraction of sp³-hybridized carbons (Fsp3) is 0.138. The molecule has 0 spiro atoms. The van der Waals surface area contributed by atoms with Crippen molar-refractivity contribution in [1.29, 1.82) is 0 Å². The number of hydrogen-bond donors (Lipinski definition) is 0. The summed E-state index contributed by atoms with van der Waals surface area (Å²) in [5.74, 6) is -0.867. The number of nitrogens with zero attached hydrogens (tertiary/aromatic N) is 2. The lowest BCUT2D eigenvalue weighted by Gasteiger charge is -2.07. The van der Waals surface area contributed by atoms with E-state index >= 15 is 0 Å². The van der Waals surface area contributed by atoms with Crippen LogP contribution in [0.5, 0.6) is 11.5 Å². The predicted octanol–water partition coefficient (Wildman–Crippen LogP) is 5.87. The number of fused-ring (bicyclic) bond motifs is 1. The van der Waals surface area contributed by atoms with Gasteiger partial charge in [0.2, 0.25) is 5.78 Å². The summed E-state index contributed by atoms with van der Waals surface area (Å²) in [6.07, 6.45) is 4.08. The molecule has 3 aromatic carbocycles. The molecule has 8 heteroatoms. The molecule has 0 amide bonds. The molecule has 1 aromatic heterocycles. The number of methoxy groups -OCH3 is 1. The SMILES string of the molecule is CCCOc1ccc(-c2nn(-c3ccccc3)cc2C=C2Oc3ccc(C(=O)OC)cc3C2=O)cc1F. The van der Waals surface area contributed by atoms with Gasteiger partial charge in [-0.2, -0.15) is 5.10 Å². The van der Waals surface area contributed by atoms with Crippen LogP contribution in [0.25, 0.3) is 23.0 Å². The monoisotopic (exact) mass is 498 g/mol. The number of carbonyl (C=O) groups is 2. The quantitative estimate of drug-likeness (QED) is 0.234. The third-order valence-electron chi connectivity index (χ3n) is 5.81. The zero-order chi connectivity index (χ0) is 25.9. The smallest absolute Gasteiger partial charge is 0.337 e. The van der Waals surface area contributed by atoms with Crippen molar-refractivity contribution in [1.82, 2.24) is 9.78 Å². The van der Waals surface area contributed by atoms with Crippen LogP contribution in [0.3, 0.4) is 0 Å². The molecule has 0 atom stereocenters. The topological polar surface area (TPSA) is 79.7 Å². The number of hydrogen-bond acceptors (Lipinski definition) is 6. The fourth-order valence-electron chi connectivity index (χ4n) is 3.98. The molecule has 5 rings (SSSR count). The normalized spacial score (nSPS) is 13.4. The summed E-state index contributed by atoms with van der Waals surface area (Å²) in [6.45, 7) is 2.36. The summed E-state index contributed by atoms with van der Waals surface area (Å²) >= 11 is 0. The van der Waals surface area contributed by atoms with Crippen molar-refractivity contribution in [2.45, 2.75) is 13.3 Å². The molecule has 186 valence electrons. The molecule has 7 nitrogen and oxygen atoms in total. The molecule has 0 fully saturated rings. The van der Waals surface area contributed by atoms with Crippen LogP contribution in [0.15, 0.2) is 78.7 Å². The van der Waals surface area contributed by atoms with Gasteiger partial charge in [-0.3, -0.25) is 4.79 Å². The summed E-state index contributed by atoms with van der Waals surface area (Å²) < 4.78 is 32.5. The fourth-order valence-corrected chi connectivity index (χ4v) is 3.98. The number of ketones is 1. The Balaban J connectivity index is 1.56. The standard InChI is InChI=1S/C29H23FN2O5/c1-3-13-36-25-12-9-18(15-23(25)30)27-20(17-32(31-27)21-7-5-4-6-8-21)16-26-28(33)22-14-19(29(34)35-2)10-11-24(22)37-26/h4-12,14-17H,3,13H2,1-2H3. The molecule has 0 aliphatic carbocycles. The third kappa shape index (κ3) is 4.73. The van der Waals surface area contributed by atoms with Gasteiger partial charge >= 0.3 is 5.97 Å². The molecule has 0 radical (unpaired) electrons. The van der Waals surface area contributed by atoms with E-state index in [1.165, 1.54) is 25.3 Å². The molecule has 1 aliphatic heterocycles. The van der Waals surface area contributed by atoms with E-state index in [-0.39, 0.29) is 28.4 Å². The average molecular weight is 499 g/mol. The van der Waals surface area contributed by atoms with Gasteiger partial charge in [0.25, 0.3) is 0 Å². The minimum Gasteiger partial charge on any atom is -0.491 e. The third-order valence-corrected chi connectivity index (χ3v) is 5.81. The van der Waals surface area contributed by atoms with E-state index in [2.05, 4.69) is 5.10 Å². The maximum atomic E-state index is 14.8. The zero-order valence-corrected chi connectivity index (χ0v) is 20.2. The maximum absolute atomic E-state index is 14.8. The van der Waals surface area contributed by atoms with Crippen LogP contribution in [0.4, 0.5) is 4.39 Å². The lowest BCUT2D eigenvalue weighted by Crippen LogP contribution is -2.03. The Morgan fingerprint density at radius 2 is 1.92 bits per heavy atom. The molecule has 0 saturated carbocycles. The number of aromatic nitrogens is 2. The first-order valence-electron chi connectivity index (χ1n) is 11.7. The Morgan fingerprint density at radius 3 is 2.65 bits per heavy atom. The molecule has 0 bridgehead atoms. The molecular weight excluding hydrogens is 475 g/mol. The van der Waals surface area contributed by atoms with Crippen molar-refractivity contribution < 1.29 is 28.2 Å². The van der Waals surface area contributed by atoms with Gasteiger partial charge in [0, 0.05) is 17.3 Å². The molecule has 37 heavy (non-hydrogen) atoms. The van der Waals surface area contributed by atoms with Gasteiger partial charge in [-0.1, -0.05) is 25.1 Å². The van der Waals surface area contributed by atoms with E-state index in [0.717, 1.165) is 12.1 Å². The number of Topliss-reactive ketones (excluding diaryl/α,β-unsaturated/α-hetero) is 1. The minimum absolute atomic E-state index is 0.0641. The number of halogens is 1. The number of allylic oxidation sites excluding steroid dienone is 1. The number of carbonyl (C=O) groups excluding carboxylic acids is 2. The van der Waals surface area contributed by atoms with E-state index in [9.17, 15) is 14.0 Å². The number of rotatable bonds is 7. The van der Waals surface area contributed by atoms with Gasteiger partial charge in [-0.05, 0) is 61.0 Å². The van der Waals surface area contributed by atoms with E-state index in [1.807, 2.05) is 37.3 Å². The van der Waals surface area contributed by atoms with Crippen LogP contribution >= 0.6 is 0 Å². The first kappa shape index (κ1) is 24.0. The Bertz CT molecular complexity index is 1520. The first-order valence-corrected chi connectivity index (χ1v) is 11.7. The minimum atomic E-state index is -0.548. The largest absolute Gasteiger partial charge is 0.491 e. The zero-order valence-electron chi connectivity index (χ0n) is 20.2. The van der Waals surface area contributed by atoms with Crippen LogP contribution < -0.4 is 9.47 Å². The Kier molecular flexibility index (Phi) is 6.55. The Morgan fingerprint density at radius 1 is 1.11 bits per heavy atom. The molecule has 0 unspecified atom stereocenters. The van der Waals surface area contributed by atoms with Gasteiger partial charge in [0.15, 0.2) is 17.3 Å². The van der Waals surface area contributed by atoms with Crippen molar-refractivity contribution in [3.63, 3.8) is 0 Å². The highest BCUT2D eigenvalue weighted by Crippen LogP contribution is 2.35. The first-order chi connectivity index (χ1) is 18.0. The summed E-state index contributed by atoms with van der Waals surface area (Å²) in [5, 5.41) is 4.68. The molecule has 1 aliphatic rings. The summed E-state index contributed by atoms with van der Waals surface area (Å²) in [6, 6.07) is 18.6. The van der Waals surface area contributed by atoms with Crippen LogP contribution in [0.1, 0.15) is 39.6 Å². The summed E-state index contributed by atoms with van der Waals surface area (Å²) in [4.78, 5) is 25.0. The highest BCUT2D eigenvalue weighted by Gasteiger charge is 2.29. The Hall–Kier alpha value is -4.72. The van der Waals surface area contributed by atoms with Crippen molar-refractivity contribution in [2.24, 2.45) is 0 Å². The highest BCUT2D eigenvalue weighted by atomic mass is 19.1. The lowest BCUT2D eigenvalue weighted by atomic mass is 10.0. The predicted molar refractivity (Wildman–Crippen MR) is 135 cm³/mol. The second-order valence-electron chi connectivity index (χ2n) is 8.35. The maximum Gasteiger partial charge on any atom is 0.337 e. The summed E-state index contributed by atoms with van der Waals surface area (Å²) in [7, 11) is 1.27. The molecular formula is C29H23FN2O5. The van der Waals surface area contributed by atoms with E-state index in [4.69, 9.17) is 14.2 Å². The van der Waals surface area contributed by atoms with Crippen LogP contribution in [-0.2, 0) is 4.74 Å². The molecule has 2 heterocycles.